The van der Waals surface area contributed by atoms with E-state index in [1.165, 1.54) is 66.4 Å². The van der Waals surface area contributed by atoms with Gasteiger partial charge in [-0.1, -0.05) is 19.1 Å². The van der Waals surface area contributed by atoms with E-state index < -0.39 is 46.1 Å². The highest BCUT2D eigenvalue weighted by Gasteiger charge is 2.33. The van der Waals surface area contributed by atoms with Crippen LogP contribution in [0.15, 0.2) is 71.6 Å². The summed E-state index contributed by atoms with van der Waals surface area (Å²) in [5, 5.41) is 2.75. The maximum atomic E-state index is 13.9. The van der Waals surface area contributed by atoms with Crippen molar-refractivity contribution in [2.75, 3.05) is 30.6 Å². The molecule has 3 aromatic rings. The third kappa shape index (κ3) is 7.12. The molecule has 218 valence electrons. The smallest absolute Gasteiger partial charge is 0.264 e. The van der Waals surface area contributed by atoms with Gasteiger partial charge in [0.25, 0.3) is 10.0 Å². The number of anilines is 1. The van der Waals surface area contributed by atoms with Crippen molar-refractivity contribution in [3.8, 4) is 11.5 Å². The lowest BCUT2D eigenvalue weighted by atomic mass is 10.1. The first-order chi connectivity index (χ1) is 19.6. The minimum Gasteiger partial charge on any atom is -0.486 e. The van der Waals surface area contributed by atoms with Gasteiger partial charge in [0.2, 0.25) is 11.8 Å². The van der Waals surface area contributed by atoms with Crippen LogP contribution >= 0.6 is 0 Å². The minimum absolute atomic E-state index is 0.0412. The first kappa shape index (κ1) is 29.8. The molecule has 0 bridgehead atoms. The van der Waals surface area contributed by atoms with Crippen molar-refractivity contribution in [3.05, 3.63) is 83.9 Å². The third-order valence-corrected chi connectivity index (χ3v) is 8.25. The third-order valence-electron chi connectivity index (χ3n) is 6.48. The number of sulfonamides is 1. The van der Waals surface area contributed by atoms with E-state index in [4.69, 9.17) is 9.47 Å². The number of nitrogens with zero attached hydrogens (tertiary/aromatic N) is 2. The number of halogens is 2. The Balaban J connectivity index is 1.71. The van der Waals surface area contributed by atoms with Gasteiger partial charge in [-0.3, -0.25) is 13.9 Å². The summed E-state index contributed by atoms with van der Waals surface area (Å²) in [5.74, 6) is -1.55. The van der Waals surface area contributed by atoms with E-state index in [0.29, 0.717) is 30.9 Å². The fourth-order valence-corrected chi connectivity index (χ4v) is 5.64. The summed E-state index contributed by atoms with van der Waals surface area (Å²) in [6, 6.07) is 13.2. The summed E-state index contributed by atoms with van der Waals surface area (Å²) in [4.78, 5) is 27.8. The van der Waals surface area contributed by atoms with Crippen molar-refractivity contribution in [2.24, 2.45) is 0 Å². The molecule has 0 aliphatic carbocycles. The number of carbonyl (C=O) groups excluding carboxylic acids is 2. The SMILES string of the molecule is CCCNC(=O)[C@@H](C)N(Cc1ccc(F)cc1)C(=O)CN(c1ccc(F)cc1)S(=O)(=O)c1ccc2c(c1)OCCO2. The lowest BCUT2D eigenvalue weighted by Gasteiger charge is -2.32. The molecule has 1 atom stereocenters. The van der Waals surface area contributed by atoms with E-state index in [9.17, 15) is 26.8 Å². The van der Waals surface area contributed by atoms with Gasteiger partial charge in [-0.2, -0.15) is 0 Å². The molecule has 0 saturated carbocycles. The highest BCUT2D eigenvalue weighted by molar-refractivity contribution is 7.92. The Hall–Kier alpha value is -4.19. The standard InChI is InChI=1S/C29H31F2N3O6S/c1-3-14-32-29(36)20(2)33(18-21-4-6-22(30)7-5-21)28(35)19-34(24-10-8-23(31)9-11-24)41(37,38)25-12-13-26-27(17-25)40-16-15-39-26/h4-13,17,20H,3,14-16,18-19H2,1-2H3,(H,32,36)/t20-/m1/s1. The molecule has 2 amide bonds. The Bertz CT molecular complexity index is 1480. The predicted octanol–water partition coefficient (Wildman–Crippen LogP) is 3.87. The molecule has 1 heterocycles. The Kier molecular flexibility index (Phi) is 9.43. The second-order valence-electron chi connectivity index (χ2n) is 9.41. The molecule has 0 saturated heterocycles. The molecule has 4 rings (SSSR count). The molecule has 0 spiro atoms. The number of benzene rings is 3. The fraction of sp³-hybridized carbons (Fsp3) is 0.310. The van der Waals surface area contributed by atoms with Crippen molar-refractivity contribution in [1.82, 2.24) is 10.2 Å². The maximum absolute atomic E-state index is 13.9. The van der Waals surface area contributed by atoms with Crippen LogP contribution in [0.3, 0.4) is 0 Å². The molecule has 1 aliphatic heterocycles. The first-order valence-corrected chi connectivity index (χ1v) is 14.5. The van der Waals surface area contributed by atoms with Gasteiger partial charge in [0.05, 0.1) is 10.6 Å². The molecule has 1 N–H and O–H groups in total. The molecule has 3 aromatic carbocycles. The van der Waals surface area contributed by atoms with E-state index in [1.54, 1.807) is 0 Å². The van der Waals surface area contributed by atoms with Crippen LogP contribution in [0.5, 0.6) is 11.5 Å². The number of hydrogen-bond donors (Lipinski definition) is 1. The van der Waals surface area contributed by atoms with Crippen molar-refractivity contribution in [2.45, 2.75) is 37.8 Å². The fourth-order valence-electron chi connectivity index (χ4n) is 4.21. The van der Waals surface area contributed by atoms with Crippen LogP contribution in [0, 0.1) is 11.6 Å². The number of hydrogen-bond acceptors (Lipinski definition) is 6. The van der Waals surface area contributed by atoms with Crippen LogP contribution in [-0.4, -0.2) is 57.5 Å². The van der Waals surface area contributed by atoms with Gasteiger partial charge < -0.3 is 19.7 Å². The molecule has 0 fully saturated rings. The Labute approximate surface area is 237 Å². The zero-order valence-electron chi connectivity index (χ0n) is 22.7. The average Bonchev–Trinajstić information content (AvgIpc) is 2.98. The van der Waals surface area contributed by atoms with Crippen molar-refractivity contribution in [3.63, 3.8) is 0 Å². The second kappa shape index (κ2) is 13.0. The molecule has 0 radical (unpaired) electrons. The molecule has 9 nitrogen and oxygen atoms in total. The van der Waals surface area contributed by atoms with Gasteiger partial charge in [0.15, 0.2) is 11.5 Å². The van der Waals surface area contributed by atoms with E-state index >= 15 is 0 Å². The lowest BCUT2D eigenvalue weighted by Crippen LogP contribution is -2.51. The van der Waals surface area contributed by atoms with Gasteiger partial charge in [-0.05, 0) is 67.4 Å². The number of carbonyl (C=O) groups is 2. The van der Waals surface area contributed by atoms with E-state index in [1.807, 2.05) is 6.92 Å². The summed E-state index contributed by atoms with van der Waals surface area (Å²) in [7, 11) is -4.39. The largest absolute Gasteiger partial charge is 0.486 e. The number of nitrogens with one attached hydrogen (secondary N) is 1. The molecule has 1 aliphatic rings. The van der Waals surface area contributed by atoms with Crippen LogP contribution in [0.25, 0.3) is 0 Å². The summed E-state index contributed by atoms with van der Waals surface area (Å²) in [6.07, 6.45) is 0.677. The average molecular weight is 588 g/mol. The lowest BCUT2D eigenvalue weighted by molar-refractivity contribution is -0.139. The van der Waals surface area contributed by atoms with Gasteiger partial charge in [-0.15, -0.1) is 0 Å². The van der Waals surface area contributed by atoms with Gasteiger partial charge in [0, 0.05) is 19.2 Å². The summed E-state index contributed by atoms with van der Waals surface area (Å²) < 4.78 is 67.1. The van der Waals surface area contributed by atoms with Crippen LogP contribution in [0.4, 0.5) is 14.5 Å². The molecular formula is C29H31F2N3O6S. The zero-order chi connectivity index (χ0) is 29.6. The number of fused-ring (bicyclic) bond motifs is 1. The summed E-state index contributed by atoms with van der Waals surface area (Å²) >= 11 is 0. The quantitative estimate of drug-likeness (QED) is 0.365. The number of rotatable bonds is 11. The Morgan fingerprint density at radius 3 is 2.17 bits per heavy atom. The van der Waals surface area contributed by atoms with Gasteiger partial charge in [0.1, 0.15) is 37.4 Å². The molecule has 41 heavy (non-hydrogen) atoms. The minimum atomic E-state index is -4.39. The van der Waals surface area contributed by atoms with Crippen molar-refractivity contribution < 1.29 is 36.3 Å². The zero-order valence-corrected chi connectivity index (χ0v) is 23.5. The monoisotopic (exact) mass is 587 g/mol. The van der Waals surface area contributed by atoms with Crippen LogP contribution in [-0.2, 0) is 26.2 Å². The Morgan fingerprint density at radius 2 is 1.54 bits per heavy atom. The Morgan fingerprint density at radius 1 is 0.927 bits per heavy atom. The number of ether oxygens (including phenoxy) is 2. The van der Waals surface area contributed by atoms with Crippen molar-refractivity contribution in [1.29, 1.82) is 0 Å². The van der Waals surface area contributed by atoms with Gasteiger partial charge >= 0.3 is 0 Å². The van der Waals surface area contributed by atoms with Crippen molar-refractivity contribution >= 4 is 27.5 Å². The summed E-state index contributed by atoms with van der Waals surface area (Å²) in [5.41, 5.74) is 0.581. The second-order valence-corrected chi connectivity index (χ2v) is 11.3. The van der Waals surface area contributed by atoms with E-state index in [-0.39, 0.29) is 29.5 Å². The normalized spacial score (nSPS) is 13.3. The van der Waals surface area contributed by atoms with E-state index in [0.717, 1.165) is 16.4 Å². The van der Waals surface area contributed by atoms with Crippen LogP contribution < -0.4 is 19.1 Å². The molecule has 0 unspecified atom stereocenters. The molecular weight excluding hydrogens is 556 g/mol. The maximum Gasteiger partial charge on any atom is 0.264 e. The topological polar surface area (TPSA) is 105 Å². The number of amides is 2. The highest BCUT2D eigenvalue weighted by atomic mass is 32.2. The van der Waals surface area contributed by atoms with Crippen LogP contribution in [0.1, 0.15) is 25.8 Å². The molecule has 12 heteroatoms. The van der Waals surface area contributed by atoms with Crippen LogP contribution in [0.2, 0.25) is 0 Å². The molecule has 0 aromatic heterocycles. The predicted molar refractivity (Wildman–Crippen MR) is 148 cm³/mol. The summed E-state index contributed by atoms with van der Waals surface area (Å²) in [6.45, 7) is 3.59. The highest BCUT2D eigenvalue weighted by Crippen LogP contribution is 2.34. The first-order valence-electron chi connectivity index (χ1n) is 13.1. The van der Waals surface area contributed by atoms with Gasteiger partial charge in [-0.25, -0.2) is 17.2 Å². The van der Waals surface area contributed by atoms with E-state index in [2.05, 4.69) is 5.32 Å².